The first-order valence-corrected chi connectivity index (χ1v) is 7.44. The first kappa shape index (κ1) is 13.8. The standard InChI is InChI=1S/C14H20N4S/c1-4-5-12-13(15-2)16-10-17-14(12)18(3)8-11-6-7-19-9-11/h6-7,9-10H,4-5,8H2,1-3H3,(H,15,16,17). The van der Waals surface area contributed by atoms with E-state index < -0.39 is 0 Å². The molecule has 0 aliphatic carbocycles. The average Bonchev–Trinajstić information content (AvgIpc) is 2.92. The monoisotopic (exact) mass is 276 g/mol. The molecule has 1 N–H and O–H groups in total. The SMILES string of the molecule is CCCc1c(NC)ncnc1N(C)Cc1ccsc1. The third kappa shape index (κ3) is 3.23. The molecule has 102 valence electrons. The first-order valence-electron chi connectivity index (χ1n) is 6.50. The maximum absolute atomic E-state index is 4.46. The van der Waals surface area contributed by atoms with Gasteiger partial charge in [-0.15, -0.1) is 0 Å². The Labute approximate surface area is 118 Å². The molecule has 4 nitrogen and oxygen atoms in total. The van der Waals surface area contributed by atoms with E-state index in [4.69, 9.17) is 0 Å². The van der Waals surface area contributed by atoms with Crippen LogP contribution < -0.4 is 10.2 Å². The van der Waals surface area contributed by atoms with Gasteiger partial charge in [0.15, 0.2) is 0 Å². The van der Waals surface area contributed by atoms with Crippen molar-refractivity contribution in [3.8, 4) is 0 Å². The number of anilines is 2. The van der Waals surface area contributed by atoms with Crippen LogP contribution in [-0.4, -0.2) is 24.1 Å². The second kappa shape index (κ2) is 6.52. The minimum atomic E-state index is 0.875. The largest absolute Gasteiger partial charge is 0.373 e. The number of nitrogens with one attached hydrogen (secondary N) is 1. The number of hydrogen-bond acceptors (Lipinski definition) is 5. The van der Waals surface area contributed by atoms with Crippen LogP contribution in [-0.2, 0) is 13.0 Å². The Bertz CT molecular complexity index is 510. The van der Waals surface area contributed by atoms with Gasteiger partial charge in [-0.25, -0.2) is 9.97 Å². The van der Waals surface area contributed by atoms with E-state index in [1.165, 1.54) is 11.1 Å². The predicted molar refractivity (Wildman–Crippen MR) is 82.0 cm³/mol. The van der Waals surface area contributed by atoms with Crippen LogP contribution in [0.4, 0.5) is 11.6 Å². The van der Waals surface area contributed by atoms with Crippen LogP contribution in [0.1, 0.15) is 24.5 Å². The van der Waals surface area contributed by atoms with E-state index in [1.54, 1.807) is 17.7 Å². The van der Waals surface area contributed by atoms with Crippen LogP contribution >= 0.6 is 11.3 Å². The number of nitrogens with zero attached hydrogens (tertiary/aromatic N) is 3. The fourth-order valence-electron chi connectivity index (χ4n) is 2.16. The quantitative estimate of drug-likeness (QED) is 0.880. The van der Waals surface area contributed by atoms with Crippen molar-refractivity contribution in [3.63, 3.8) is 0 Å². The topological polar surface area (TPSA) is 41.1 Å². The number of rotatable bonds is 6. The third-order valence-corrected chi connectivity index (χ3v) is 3.75. The van der Waals surface area contributed by atoms with Crippen molar-refractivity contribution in [2.75, 3.05) is 24.3 Å². The molecule has 0 aromatic carbocycles. The zero-order valence-corrected chi connectivity index (χ0v) is 12.5. The molecule has 0 aliphatic heterocycles. The molecule has 0 aliphatic rings. The summed E-state index contributed by atoms with van der Waals surface area (Å²) in [5.41, 5.74) is 2.52. The van der Waals surface area contributed by atoms with Gasteiger partial charge in [0.05, 0.1) is 0 Å². The summed E-state index contributed by atoms with van der Waals surface area (Å²) in [6, 6.07) is 2.15. The van der Waals surface area contributed by atoms with Crippen LogP contribution in [0.3, 0.4) is 0 Å². The lowest BCUT2D eigenvalue weighted by atomic mass is 10.1. The Balaban J connectivity index is 2.27. The maximum Gasteiger partial charge on any atom is 0.137 e. The van der Waals surface area contributed by atoms with Gasteiger partial charge in [-0.05, 0) is 28.8 Å². The Hall–Kier alpha value is -1.62. The zero-order valence-electron chi connectivity index (χ0n) is 11.7. The van der Waals surface area contributed by atoms with Crippen molar-refractivity contribution in [3.05, 3.63) is 34.3 Å². The van der Waals surface area contributed by atoms with Crippen LogP contribution in [0.5, 0.6) is 0 Å². The molecule has 2 rings (SSSR count). The minimum absolute atomic E-state index is 0.875. The van der Waals surface area contributed by atoms with Crippen LogP contribution in [0.15, 0.2) is 23.2 Å². The Morgan fingerprint density at radius 2 is 2.21 bits per heavy atom. The molecule has 0 fully saturated rings. The van der Waals surface area contributed by atoms with Gasteiger partial charge in [-0.1, -0.05) is 13.3 Å². The molecule has 2 heterocycles. The fraction of sp³-hybridized carbons (Fsp3) is 0.429. The van der Waals surface area contributed by atoms with Crippen molar-refractivity contribution in [1.29, 1.82) is 0 Å². The molecule has 5 heteroatoms. The van der Waals surface area contributed by atoms with Crippen molar-refractivity contribution in [1.82, 2.24) is 9.97 Å². The van der Waals surface area contributed by atoms with Crippen molar-refractivity contribution < 1.29 is 0 Å². The minimum Gasteiger partial charge on any atom is -0.373 e. The number of thiophene rings is 1. The molecule has 0 saturated carbocycles. The molecule has 0 unspecified atom stereocenters. The molecule has 0 amide bonds. The van der Waals surface area contributed by atoms with Gasteiger partial charge >= 0.3 is 0 Å². The van der Waals surface area contributed by atoms with E-state index in [-0.39, 0.29) is 0 Å². The second-order valence-electron chi connectivity index (χ2n) is 4.51. The number of hydrogen-bond donors (Lipinski definition) is 1. The molecule has 19 heavy (non-hydrogen) atoms. The van der Waals surface area contributed by atoms with Crippen molar-refractivity contribution in [2.45, 2.75) is 26.3 Å². The Morgan fingerprint density at radius 3 is 2.84 bits per heavy atom. The van der Waals surface area contributed by atoms with E-state index in [2.05, 4.69) is 51.0 Å². The summed E-state index contributed by atoms with van der Waals surface area (Å²) in [5, 5.41) is 7.44. The summed E-state index contributed by atoms with van der Waals surface area (Å²) in [5.74, 6) is 1.96. The highest BCUT2D eigenvalue weighted by Crippen LogP contribution is 2.25. The molecular weight excluding hydrogens is 256 g/mol. The van der Waals surface area contributed by atoms with Gasteiger partial charge in [0, 0.05) is 26.2 Å². The summed E-state index contributed by atoms with van der Waals surface area (Å²) in [7, 11) is 3.99. The second-order valence-corrected chi connectivity index (χ2v) is 5.29. The summed E-state index contributed by atoms with van der Waals surface area (Å²) in [4.78, 5) is 11.0. The van der Waals surface area contributed by atoms with E-state index in [0.717, 1.165) is 31.0 Å². The van der Waals surface area contributed by atoms with E-state index in [1.807, 2.05) is 7.05 Å². The van der Waals surface area contributed by atoms with Gasteiger partial charge in [-0.3, -0.25) is 0 Å². The lowest BCUT2D eigenvalue weighted by molar-refractivity contribution is 0.845. The van der Waals surface area contributed by atoms with Gasteiger partial charge in [0.1, 0.15) is 18.0 Å². The average molecular weight is 276 g/mol. The van der Waals surface area contributed by atoms with E-state index >= 15 is 0 Å². The highest BCUT2D eigenvalue weighted by Gasteiger charge is 2.13. The van der Waals surface area contributed by atoms with Gasteiger partial charge in [0.2, 0.25) is 0 Å². The van der Waals surface area contributed by atoms with Crippen molar-refractivity contribution in [2.24, 2.45) is 0 Å². The smallest absolute Gasteiger partial charge is 0.137 e. The van der Waals surface area contributed by atoms with Gasteiger partial charge < -0.3 is 10.2 Å². The predicted octanol–water partition coefficient (Wildman–Crippen LogP) is 3.17. The van der Waals surface area contributed by atoms with E-state index in [0.29, 0.717) is 0 Å². The molecule has 0 atom stereocenters. The maximum atomic E-state index is 4.46. The Morgan fingerprint density at radius 1 is 1.37 bits per heavy atom. The number of aromatic nitrogens is 2. The first-order chi connectivity index (χ1) is 9.26. The summed E-state index contributed by atoms with van der Waals surface area (Å²) in [6.07, 6.45) is 3.70. The van der Waals surface area contributed by atoms with Crippen LogP contribution in [0, 0.1) is 0 Å². The summed E-state index contributed by atoms with van der Waals surface area (Å²) in [6.45, 7) is 3.05. The highest BCUT2D eigenvalue weighted by molar-refractivity contribution is 7.07. The molecule has 2 aromatic heterocycles. The molecule has 0 spiro atoms. The summed E-state index contributed by atoms with van der Waals surface area (Å²) >= 11 is 1.73. The fourth-order valence-corrected chi connectivity index (χ4v) is 2.82. The molecule has 0 saturated heterocycles. The molecule has 2 aromatic rings. The Kier molecular flexibility index (Phi) is 4.74. The molecule has 0 radical (unpaired) electrons. The van der Waals surface area contributed by atoms with Gasteiger partial charge in [-0.2, -0.15) is 11.3 Å². The van der Waals surface area contributed by atoms with Crippen LogP contribution in [0.2, 0.25) is 0 Å². The normalized spacial score (nSPS) is 10.5. The molecule has 0 bridgehead atoms. The summed E-state index contributed by atoms with van der Waals surface area (Å²) < 4.78 is 0. The molecular formula is C14H20N4S. The van der Waals surface area contributed by atoms with Crippen molar-refractivity contribution >= 4 is 23.0 Å². The van der Waals surface area contributed by atoms with E-state index in [9.17, 15) is 0 Å². The van der Waals surface area contributed by atoms with Crippen LogP contribution in [0.25, 0.3) is 0 Å². The lowest BCUT2D eigenvalue weighted by Gasteiger charge is -2.21. The van der Waals surface area contributed by atoms with Gasteiger partial charge in [0.25, 0.3) is 0 Å². The lowest BCUT2D eigenvalue weighted by Crippen LogP contribution is -2.20. The third-order valence-electron chi connectivity index (χ3n) is 3.02. The highest BCUT2D eigenvalue weighted by atomic mass is 32.1. The zero-order chi connectivity index (χ0) is 13.7.